The average molecular weight is 294 g/mol. The van der Waals surface area contributed by atoms with E-state index in [1.54, 1.807) is 10.9 Å². The van der Waals surface area contributed by atoms with E-state index in [0.29, 0.717) is 42.1 Å². The number of halogens is 1. The van der Waals surface area contributed by atoms with Crippen LogP contribution in [-0.2, 0) is 6.54 Å². The van der Waals surface area contributed by atoms with Crippen LogP contribution < -0.4 is 15.2 Å². The van der Waals surface area contributed by atoms with Gasteiger partial charge in [0.25, 0.3) is 0 Å². The second kappa shape index (κ2) is 5.25. The van der Waals surface area contributed by atoms with Gasteiger partial charge in [0, 0.05) is 12.0 Å². The largest absolute Gasteiger partial charge is 0.489 e. The number of ether oxygens (including phenoxy) is 2. The summed E-state index contributed by atoms with van der Waals surface area (Å²) in [6.45, 7) is 3.74. The molecule has 2 heterocycles. The Morgan fingerprint density at radius 1 is 1.35 bits per heavy atom. The first-order chi connectivity index (χ1) is 9.65. The summed E-state index contributed by atoms with van der Waals surface area (Å²) >= 11 is 6.27. The van der Waals surface area contributed by atoms with Gasteiger partial charge in [-0.2, -0.15) is 5.10 Å². The molecule has 0 saturated heterocycles. The first kappa shape index (κ1) is 13.1. The lowest BCUT2D eigenvalue weighted by Gasteiger charge is -2.12. The minimum absolute atomic E-state index is 0.552. The molecular weight excluding hydrogens is 278 g/mol. The van der Waals surface area contributed by atoms with E-state index < -0.39 is 0 Å². The zero-order valence-electron chi connectivity index (χ0n) is 11.2. The number of anilines is 1. The molecule has 1 aliphatic rings. The predicted octanol–water partition coefficient (Wildman–Crippen LogP) is 2.64. The summed E-state index contributed by atoms with van der Waals surface area (Å²) in [4.78, 5) is 0. The highest BCUT2D eigenvalue weighted by Gasteiger charge is 2.16. The average Bonchev–Trinajstić information content (AvgIpc) is 2.66. The fraction of sp³-hybridized carbons (Fsp3) is 0.357. The number of nitrogens with zero attached hydrogens (tertiary/aromatic N) is 2. The Morgan fingerprint density at radius 2 is 2.15 bits per heavy atom. The molecule has 20 heavy (non-hydrogen) atoms. The Balaban J connectivity index is 1.93. The zero-order chi connectivity index (χ0) is 14.1. The number of benzene rings is 1. The van der Waals surface area contributed by atoms with Gasteiger partial charge in [-0.3, -0.25) is 0 Å². The molecule has 0 atom stereocenters. The lowest BCUT2D eigenvalue weighted by atomic mass is 10.2. The number of aryl methyl sites for hydroxylation is 1. The first-order valence-corrected chi connectivity index (χ1v) is 6.89. The molecule has 0 spiro atoms. The molecule has 6 heteroatoms. The molecule has 1 aromatic carbocycles. The second-order valence-electron chi connectivity index (χ2n) is 4.83. The minimum Gasteiger partial charge on any atom is -0.489 e. The normalized spacial score (nSPS) is 14.1. The molecule has 3 rings (SSSR count). The monoisotopic (exact) mass is 293 g/mol. The molecule has 5 nitrogen and oxygen atoms in total. The van der Waals surface area contributed by atoms with Gasteiger partial charge in [0.1, 0.15) is 5.82 Å². The van der Waals surface area contributed by atoms with Crippen LogP contribution >= 0.6 is 11.6 Å². The molecule has 1 aromatic heterocycles. The second-order valence-corrected chi connectivity index (χ2v) is 5.23. The smallest absolute Gasteiger partial charge is 0.179 e. The van der Waals surface area contributed by atoms with E-state index in [0.717, 1.165) is 17.5 Å². The van der Waals surface area contributed by atoms with Crippen LogP contribution in [0.15, 0.2) is 18.3 Å². The number of hydrogen-bond donors (Lipinski definition) is 1. The maximum absolute atomic E-state index is 6.27. The van der Waals surface area contributed by atoms with Crippen LogP contribution in [0.5, 0.6) is 11.5 Å². The third-order valence-corrected chi connectivity index (χ3v) is 3.55. The molecule has 2 aromatic rings. The SMILES string of the molecule is Cc1cnn(Cc2cc(Cl)c3c(c2)OCCCO3)c1N. The van der Waals surface area contributed by atoms with E-state index in [4.69, 9.17) is 26.8 Å². The van der Waals surface area contributed by atoms with Crippen molar-refractivity contribution in [3.8, 4) is 11.5 Å². The molecule has 0 radical (unpaired) electrons. The summed E-state index contributed by atoms with van der Waals surface area (Å²) < 4.78 is 13.0. The molecule has 0 bridgehead atoms. The summed E-state index contributed by atoms with van der Waals surface area (Å²) in [5, 5.41) is 4.80. The lowest BCUT2D eigenvalue weighted by Crippen LogP contribution is -2.06. The quantitative estimate of drug-likeness (QED) is 0.924. The molecule has 0 saturated carbocycles. The van der Waals surface area contributed by atoms with Gasteiger partial charge in [-0.1, -0.05) is 11.6 Å². The van der Waals surface area contributed by atoms with Crippen molar-refractivity contribution >= 4 is 17.4 Å². The summed E-state index contributed by atoms with van der Waals surface area (Å²) in [5.41, 5.74) is 7.91. The van der Waals surface area contributed by atoms with Crippen molar-refractivity contribution < 1.29 is 9.47 Å². The number of rotatable bonds is 2. The molecule has 0 aliphatic carbocycles. The Morgan fingerprint density at radius 3 is 2.90 bits per heavy atom. The van der Waals surface area contributed by atoms with Gasteiger partial charge >= 0.3 is 0 Å². The van der Waals surface area contributed by atoms with E-state index in [1.807, 2.05) is 19.1 Å². The summed E-state index contributed by atoms with van der Waals surface area (Å²) in [7, 11) is 0. The third-order valence-electron chi connectivity index (χ3n) is 3.27. The number of fused-ring (bicyclic) bond motifs is 1. The van der Waals surface area contributed by atoms with Crippen molar-refractivity contribution in [1.29, 1.82) is 0 Å². The van der Waals surface area contributed by atoms with Crippen molar-refractivity contribution in [2.24, 2.45) is 0 Å². The Labute approximate surface area is 122 Å². The molecule has 0 fully saturated rings. The first-order valence-electron chi connectivity index (χ1n) is 6.51. The fourth-order valence-electron chi connectivity index (χ4n) is 2.16. The van der Waals surface area contributed by atoms with E-state index in [1.165, 1.54) is 0 Å². The van der Waals surface area contributed by atoms with E-state index >= 15 is 0 Å². The number of hydrogen-bond acceptors (Lipinski definition) is 4. The van der Waals surface area contributed by atoms with Gasteiger partial charge in [0.15, 0.2) is 11.5 Å². The molecule has 2 N–H and O–H groups in total. The van der Waals surface area contributed by atoms with Gasteiger partial charge in [-0.15, -0.1) is 0 Å². The van der Waals surface area contributed by atoms with Crippen molar-refractivity contribution in [3.63, 3.8) is 0 Å². The van der Waals surface area contributed by atoms with Crippen LogP contribution in [0, 0.1) is 6.92 Å². The van der Waals surface area contributed by atoms with Gasteiger partial charge in [0.2, 0.25) is 0 Å². The molecule has 0 amide bonds. The van der Waals surface area contributed by atoms with Crippen LogP contribution in [-0.4, -0.2) is 23.0 Å². The highest BCUT2D eigenvalue weighted by atomic mass is 35.5. The van der Waals surface area contributed by atoms with Crippen LogP contribution in [0.2, 0.25) is 5.02 Å². The maximum atomic E-state index is 6.27. The number of nitrogen functional groups attached to an aromatic ring is 1. The number of aromatic nitrogens is 2. The van der Waals surface area contributed by atoms with Gasteiger partial charge in [0.05, 0.1) is 31.0 Å². The van der Waals surface area contributed by atoms with Gasteiger partial charge < -0.3 is 15.2 Å². The lowest BCUT2D eigenvalue weighted by molar-refractivity contribution is 0.297. The van der Waals surface area contributed by atoms with Gasteiger partial charge in [-0.25, -0.2) is 4.68 Å². The van der Waals surface area contributed by atoms with Crippen LogP contribution in [0.25, 0.3) is 0 Å². The minimum atomic E-state index is 0.552. The fourth-order valence-corrected chi connectivity index (χ4v) is 2.45. The summed E-state index contributed by atoms with van der Waals surface area (Å²) in [5.74, 6) is 1.97. The highest BCUT2D eigenvalue weighted by Crippen LogP contribution is 2.38. The van der Waals surface area contributed by atoms with Crippen LogP contribution in [0.3, 0.4) is 0 Å². The summed E-state index contributed by atoms with van der Waals surface area (Å²) in [6, 6.07) is 3.80. The Kier molecular flexibility index (Phi) is 3.44. The van der Waals surface area contributed by atoms with Crippen molar-refractivity contribution in [1.82, 2.24) is 9.78 Å². The number of nitrogens with two attached hydrogens (primary N) is 1. The van der Waals surface area contributed by atoms with Crippen LogP contribution in [0.1, 0.15) is 17.5 Å². The zero-order valence-corrected chi connectivity index (χ0v) is 12.0. The van der Waals surface area contributed by atoms with E-state index in [9.17, 15) is 0 Å². The molecule has 106 valence electrons. The van der Waals surface area contributed by atoms with E-state index in [-0.39, 0.29) is 0 Å². The third kappa shape index (κ3) is 2.41. The summed E-state index contributed by atoms with van der Waals surface area (Å²) in [6.07, 6.45) is 2.60. The molecule has 0 unspecified atom stereocenters. The standard InChI is InChI=1S/C14H16ClN3O2/c1-9-7-17-18(14(9)16)8-10-5-11(15)13-12(6-10)19-3-2-4-20-13/h5-7H,2-4,8,16H2,1H3. The van der Waals surface area contributed by atoms with Gasteiger partial charge in [-0.05, 0) is 24.6 Å². The Hall–Kier alpha value is -1.88. The maximum Gasteiger partial charge on any atom is 0.179 e. The molecule has 1 aliphatic heterocycles. The van der Waals surface area contributed by atoms with Crippen molar-refractivity contribution in [2.75, 3.05) is 18.9 Å². The van der Waals surface area contributed by atoms with Crippen molar-refractivity contribution in [3.05, 3.63) is 34.5 Å². The Bertz CT molecular complexity index is 640. The van der Waals surface area contributed by atoms with Crippen molar-refractivity contribution in [2.45, 2.75) is 19.9 Å². The topological polar surface area (TPSA) is 62.3 Å². The van der Waals surface area contributed by atoms with E-state index in [2.05, 4.69) is 5.10 Å². The van der Waals surface area contributed by atoms with Crippen LogP contribution in [0.4, 0.5) is 5.82 Å². The molecular formula is C14H16ClN3O2. The predicted molar refractivity (Wildman–Crippen MR) is 77.5 cm³/mol. The highest BCUT2D eigenvalue weighted by molar-refractivity contribution is 6.32.